The maximum atomic E-state index is 5.04. The van der Waals surface area contributed by atoms with Crippen molar-refractivity contribution in [1.29, 1.82) is 0 Å². The fourth-order valence-electron chi connectivity index (χ4n) is 9.02. The molecule has 0 unspecified atom stereocenters. The third kappa shape index (κ3) is 6.77. The monoisotopic (exact) mass is 838 g/mol. The first-order chi connectivity index (χ1) is 31.2. The molecule has 0 atom stereocenters. The molecule has 0 spiro atoms. The highest BCUT2D eigenvalue weighted by molar-refractivity contribution is 7.28. The Kier molecular flexibility index (Phi) is 9.25. The standard InChI is InChI=1S/C59H38N2S2/c1-4-13-39(14-5-1)45-27-33-51(42-15-6-2-7-16-42)54(37-45)61(48-31-25-43(26-32-48)50-22-12-20-41-17-10-11-21-49(41)50)47-29-23-40(24-30-47)46-28-34-52-56(38-46)62-55-36-35-53-58(57(52)55)63-59(60-53)44-18-8-3-9-19-44/h1-38H. The van der Waals surface area contributed by atoms with Gasteiger partial charge in [-0.1, -0.05) is 182 Å². The lowest BCUT2D eigenvalue weighted by Crippen LogP contribution is -2.11. The Morgan fingerprint density at radius 1 is 0.349 bits per heavy atom. The fraction of sp³-hybridized carbons (Fsp3) is 0. The number of rotatable bonds is 8. The summed E-state index contributed by atoms with van der Waals surface area (Å²) in [6, 6.07) is 83.6. The molecule has 10 aromatic carbocycles. The molecular formula is C59H38N2S2. The Labute approximate surface area is 374 Å². The van der Waals surface area contributed by atoms with Gasteiger partial charge in [0, 0.05) is 42.7 Å². The van der Waals surface area contributed by atoms with Crippen LogP contribution in [0.1, 0.15) is 0 Å². The minimum Gasteiger partial charge on any atom is -0.310 e. The van der Waals surface area contributed by atoms with Crippen molar-refractivity contribution in [3.63, 3.8) is 0 Å². The van der Waals surface area contributed by atoms with Crippen molar-refractivity contribution in [3.05, 3.63) is 231 Å². The number of thiophene rings is 1. The van der Waals surface area contributed by atoms with Crippen molar-refractivity contribution in [1.82, 2.24) is 4.98 Å². The van der Waals surface area contributed by atoms with E-state index in [1.807, 2.05) is 11.3 Å². The molecule has 0 saturated heterocycles. The van der Waals surface area contributed by atoms with Gasteiger partial charge < -0.3 is 4.90 Å². The van der Waals surface area contributed by atoms with Crippen molar-refractivity contribution in [2.24, 2.45) is 0 Å². The van der Waals surface area contributed by atoms with Crippen LogP contribution in [0, 0.1) is 0 Å². The van der Waals surface area contributed by atoms with E-state index in [0.717, 1.165) is 33.1 Å². The van der Waals surface area contributed by atoms with Crippen molar-refractivity contribution < 1.29 is 0 Å². The lowest BCUT2D eigenvalue weighted by atomic mass is 9.96. The third-order valence-electron chi connectivity index (χ3n) is 12.1. The number of nitrogens with zero attached hydrogens (tertiary/aromatic N) is 2. The molecule has 2 aromatic heterocycles. The van der Waals surface area contributed by atoms with Crippen LogP contribution in [0.15, 0.2) is 231 Å². The van der Waals surface area contributed by atoms with Crippen LogP contribution in [0.3, 0.4) is 0 Å². The molecule has 4 heteroatoms. The van der Waals surface area contributed by atoms with Crippen LogP contribution in [0.25, 0.3) is 96.2 Å². The van der Waals surface area contributed by atoms with E-state index < -0.39 is 0 Å². The van der Waals surface area contributed by atoms with Crippen LogP contribution in [0.4, 0.5) is 17.1 Å². The normalized spacial score (nSPS) is 11.5. The van der Waals surface area contributed by atoms with Crippen molar-refractivity contribution in [2.45, 2.75) is 0 Å². The molecular weight excluding hydrogens is 801 g/mol. The van der Waals surface area contributed by atoms with E-state index >= 15 is 0 Å². The Bertz CT molecular complexity index is 3590. The first kappa shape index (κ1) is 37.2. The van der Waals surface area contributed by atoms with E-state index in [4.69, 9.17) is 4.98 Å². The summed E-state index contributed by atoms with van der Waals surface area (Å²) >= 11 is 3.65. The van der Waals surface area contributed by atoms with E-state index in [2.05, 4.69) is 235 Å². The van der Waals surface area contributed by atoms with Crippen LogP contribution in [0.2, 0.25) is 0 Å². The first-order valence-electron chi connectivity index (χ1n) is 21.3. The molecule has 2 heterocycles. The minimum atomic E-state index is 1.06. The van der Waals surface area contributed by atoms with Crippen molar-refractivity contribution in [2.75, 3.05) is 4.90 Å². The Morgan fingerprint density at radius 3 is 1.67 bits per heavy atom. The minimum absolute atomic E-state index is 1.06. The zero-order valence-corrected chi connectivity index (χ0v) is 35.8. The molecule has 0 aliphatic heterocycles. The maximum absolute atomic E-state index is 5.04. The summed E-state index contributed by atoms with van der Waals surface area (Å²) in [5.41, 5.74) is 15.0. The lowest BCUT2D eigenvalue weighted by molar-refractivity contribution is 1.28. The van der Waals surface area contributed by atoms with Gasteiger partial charge in [-0.3, -0.25) is 0 Å². The molecule has 2 nitrogen and oxygen atoms in total. The molecule has 0 N–H and O–H groups in total. The van der Waals surface area contributed by atoms with Gasteiger partial charge >= 0.3 is 0 Å². The highest BCUT2D eigenvalue weighted by Gasteiger charge is 2.20. The number of hydrogen-bond donors (Lipinski definition) is 0. The number of anilines is 3. The highest BCUT2D eigenvalue weighted by Crippen LogP contribution is 2.46. The van der Waals surface area contributed by atoms with Crippen LogP contribution in [-0.4, -0.2) is 4.98 Å². The summed E-state index contributed by atoms with van der Waals surface area (Å²) in [5, 5.41) is 6.15. The van der Waals surface area contributed by atoms with E-state index in [0.29, 0.717) is 0 Å². The van der Waals surface area contributed by atoms with Gasteiger partial charge in [0.05, 0.1) is 15.9 Å². The molecule has 63 heavy (non-hydrogen) atoms. The summed E-state index contributed by atoms with van der Waals surface area (Å²) in [6.45, 7) is 0. The number of hydrogen-bond acceptors (Lipinski definition) is 4. The second-order valence-electron chi connectivity index (χ2n) is 15.9. The molecule has 12 rings (SSSR count). The number of fused-ring (bicyclic) bond motifs is 6. The second kappa shape index (κ2) is 15.7. The van der Waals surface area contributed by atoms with Gasteiger partial charge in [-0.2, -0.15) is 0 Å². The Hall–Kier alpha value is -7.63. The smallest absolute Gasteiger partial charge is 0.124 e. The predicted octanol–water partition coefficient (Wildman–Crippen LogP) is 17.6. The molecule has 0 amide bonds. The SMILES string of the molecule is c1ccc(-c2ccc(-c3ccccc3)c(N(c3ccc(-c4ccc5c(c4)sc4ccc6nc(-c7ccccc7)sc6c45)cc3)c3ccc(-c4cccc5ccccc45)cc3)c2)cc1. The average molecular weight is 839 g/mol. The molecule has 0 bridgehead atoms. The number of thiazole rings is 1. The van der Waals surface area contributed by atoms with Crippen LogP contribution >= 0.6 is 22.7 Å². The van der Waals surface area contributed by atoms with Gasteiger partial charge in [0.2, 0.25) is 0 Å². The summed E-state index contributed by atoms with van der Waals surface area (Å²) in [4.78, 5) is 7.46. The van der Waals surface area contributed by atoms with Gasteiger partial charge in [0.1, 0.15) is 5.01 Å². The lowest BCUT2D eigenvalue weighted by Gasteiger charge is -2.29. The van der Waals surface area contributed by atoms with E-state index in [-0.39, 0.29) is 0 Å². The van der Waals surface area contributed by atoms with Gasteiger partial charge in [-0.25, -0.2) is 4.98 Å². The predicted molar refractivity (Wildman–Crippen MR) is 272 cm³/mol. The largest absolute Gasteiger partial charge is 0.310 e. The summed E-state index contributed by atoms with van der Waals surface area (Å²) < 4.78 is 3.83. The molecule has 0 saturated carbocycles. The third-order valence-corrected chi connectivity index (χ3v) is 14.4. The van der Waals surface area contributed by atoms with Gasteiger partial charge in [-0.15, -0.1) is 22.7 Å². The van der Waals surface area contributed by atoms with E-state index in [1.165, 1.54) is 80.2 Å². The van der Waals surface area contributed by atoms with E-state index in [9.17, 15) is 0 Å². The number of aromatic nitrogens is 1. The summed E-state index contributed by atoms with van der Waals surface area (Å²) in [6.07, 6.45) is 0. The van der Waals surface area contributed by atoms with E-state index in [1.54, 1.807) is 11.3 Å². The fourth-order valence-corrected chi connectivity index (χ4v) is 11.4. The van der Waals surface area contributed by atoms with Crippen LogP contribution < -0.4 is 4.90 Å². The van der Waals surface area contributed by atoms with Crippen molar-refractivity contribution >= 4 is 80.9 Å². The van der Waals surface area contributed by atoms with Gasteiger partial charge in [-0.05, 0) is 98.2 Å². The van der Waals surface area contributed by atoms with Crippen LogP contribution in [-0.2, 0) is 0 Å². The van der Waals surface area contributed by atoms with Gasteiger partial charge in [0.15, 0.2) is 0 Å². The maximum Gasteiger partial charge on any atom is 0.124 e. The van der Waals surface area contributed by atoms with Crippen molar-refractivity contribution in [3.8, 4) is 55.1 Å². The average Bonchev–Trinajstić information content (AvgIpc) is 3.97. The second-order valence-corrected chi connectivity index (χ2v) is 18.0. The topological polar surface area (TPSA) is 16.1 Å². The Morgan fingerprint density at radius 2 is 0.921 bits per heavy atom. The zero-order chi connectivity index (χ0) is 41.7. The Balaban J connectivity index is 0.971. The first-order valence-corrected chi connectivity index (χ1v) is 22.9. The summed E-state index contributed by atoms with van der Waals surface area (Å²) in [5.74, 6) is 0. The quantitative estimate of drug-likeness (QED) is 0.152. The summed E-state index contributed by atoms with van der Waals surface area (Å²) in [7, 11) is 0. The molecule has 0 aliphatic rings. The molecule has 0 radical (unpaired) electrons. The molecule has 296 valence electrons. The van der Waals surface area contributed by atoms with Crippen LogP contribution in [0.5, 0.6) is 0 Å². The molecule has 0 aliphatic carbocycles. The molecule has 0 fully saturated rings. The molecule has 12 aromatic rings. The van der Waals surface area contributed by atoms with Gasteiger partial charge in [0.25, 0.3) is 0 Å². The zero-order valence-electron chi connectivity index (χ0n) is 34.2. The highest BCUT2D eigenvalue weighted by atomic mass is 32.1. The number of benzene rings is 10.